The topological polar surface area (TPSA) is 51.8 Å². The number of aromatic nitrogens is 3. The maximum absolute atomic E-state index is 6.33. The van der Waals surface area contributed by atoms with Gasteiger partial charge in [-0.05, 0) is 39.9 Å². The number of nitrogens with zero attached hydrogens (tertiary/aromatic N) is 3. The van der Waals surface area contributed by atoms with Crippen molar-refractivity contribution in [3.63, 3.8) is 0 Å². The van der Waals surface area contributed by atoms with Gasteiger partial charge in [0, 0.05) is 21.9 Å². The lowest BCUT2D eigenvalue weighted by Crippen LogP contribution is -2.11. The van der Waals surface area contributed by atoms with Crippen LogP contribution in [0, 0.1) is 0 Å². The third-order valence-electron chi connectivity index (χ3n) is 7.26. The Bertz CT molecular complexity index is 2000. The highest BCUT2D eigenvalue weighted by Crippen LogP contribution is 2.36. The molecule has 2 aromatic heterocycles. The lowest BCUT2D eigenvalue weighted by Gasteiger charge is -2.21. The van der Waals surface area contributed by atoms with E-state index in [1.54, 1.807) is 0 Å². The van der Waals surface area contributed by atoms with Crippen LogP contribution in [0.2, 0.25) is 0 Å². The van der Waals surface area contributed by atoms with Gasteiger partial charge in [0.05, 0.1) is 5.56 Å². The SMILES string of the molecule is CC(C)(C)c1cccc2cc(-c3nc(-c4ccccc4)nc(-c4cccc5c4oc4ccccc45)n3)ccc12. The minimum Gasteiger partial charge on any atom is -0.455 e. The van der Waals surface area contributed by atoms with E-state index in [0.717, 1.165) is 38.6 Å². The van der Waals surface area contributed by atoms with E-state index in [4.69, 9.17) is 19.4 Å². The van der Waals surface area contributed by atoms with Gasteiger partial charge in [-0.25, -0.2) is 15.0 Å². The molecule has 4 heteroatoms. The molecule has 7 rings (SSSR count). The molecule has 0 saturated carbocycles. The lowest BCUT2D eigenvalue weighted by atomic mass is 9.83. The summed E-state index contributed by atoms with van der Waals surface area (Å²) in [6.07, 6.45) is 0. The summed E-state index contributed by atoms with van der Waals surface area (Å²) in [5.41, 5.74) is 5.74. The summed E-state index contributed by atoms with van der Waals surface area (Å²) in [4.78, 5) is 14.9. The summed E-state index contributed by atoms with van der Waals surface area (Å²) in [5, 5.41) is 4.55. The van der Waals surface area contributed by atoms with Gasteiger partial charge >= 0.3 is 0 Å². The normalized spacial score (nSPS) is 12.0. The van der Waals surface area contributed by atoms with Crippen LogP contribution in [0.5, 0.6) is 0 Å². The Morgan fingerprint density at radius 1 is 0.538 bits per heavy atom. The molecule has 0 N–H and O–H groups in total. The van der Waals surface area contributed by atoms with Crippen LogP contribution in [0.25, 0.3) is 66.9 Å². The van der Waals surface area contributed by atoms with Crippen molar-refractivity contribution < 1.29 is 4.42 Å². The zero-order chi connectivity index (χ0) is 26.6. The van der Waals surface area contributed by atoms with Crippen LogP contribution in [-0.4, -0.2) is 15.0 Å². The van der Waals surface area contributed by atoms with Crippen LogP contribution in [0.1, 0.15) is 26.3 Å². The number of hydrogen-bond donors (Lipinski definition) is 0. The largest absolute Gasteiger partial charge is 0.455 e. The molecule has 5 aromatic carbocycles. The van der Waals surface area contributed by atoms with Gasteiger partial charge in [-0.1, -0.05) is 112 Å². The molecule has 0 aliphatic carbocycles. The Balaban J connectivity index is 1.46. The third kappa shape index (κ3) is 4.05. The molecule has 39 heavy (non-hydrogen) atoms. The monoisotopic (exact) mass is 505 g/mol. The molecule has 0 spiro atoms. The molecule has 0 radical (unpaired) electrons. The van der Waals surface area contributed by atoms with Crippen molar-refractivity contribution in [1.82, 2.24) is 15.0 Å². The van der Waals surface area contributed by atoms with Gasteiger partial charge in [0.15, 0.2) is 17.5 Å². The van der Waals surface area contributed by atoms with Crippen LogP contribution in [0.3, 0.4) is 0 Å². The smallest absolute Gasteiger partial charge is 0.167 e. The van der Waals surface area contributed by atoms with Crippen LogP contribution >= 0.6 is 0 Å². The summed E-state index contributed by atoms with van der Waals surface area (Å²) < 4.78 is 6.33. The molecule has 0 amide bonds. The van der Waals surface area contributed by atoms with E-state index in [1.165, 1.54) is 16.3 Å². The van der Waals surface area contributed by atoms with Crippen LogP contribution in [-0.2, 0) is 5.41 Å². The molecule has 7 aromatic rings. The third-order valence-corrected chi connectivity index (χ3v) is 7.26. The van der Waals surface area contributed by atoms with Crippen LogP contribution < -0.4 is 0 Å². The molecule has 0 fully saturated rings. The molecule has 0 aliphatic rings. The Labute approximate surface area is 227 Å². The molecule has 188 valence electrons. The molecule has 0 unspecified atom stereocenters. The number of furan rings is 1. The maximum Gasteiger partial charge on any atom is 0.167 e. The summed E-state index contributed by atoms with van der Waals surface area (Å²) in [6, 6.07) is 37.3. The maximum atomic E-state index is 6.33. The molecule has 0 saturated heterocycles. The van der Waals surface area contributed by atoms with E-state index in [1.807, 2.05) is 60.7 Å². The van der Waals surface area contributed by atoms with Gasteiger partial charge in [-0.15, -0.1) is 0 Å². The molecule has 0 bridgehead atoms. The van der Waals surface area contributed by atoms with Crippen LogP contribution in [0.15, 0.2) is 114 Å². The number of para-hydroxylation sites is 2. The first-order chi connectivity index (χ1) is 19.0. The van der Waals surface area contributed by atoms with Gasteiger partial charge in [-0.2, -0.15) is 0 Å². The number of hydrogen-bond acceptors (Lipinski definition) is 4. The minimum atomic E-state index is 0.0487. The fourth-order valence-corrected chi connectivity index (χ4v) is 5.34. The predicted molar refractivity (Wildman–Crippen MR) is 160 cm³/mol. The standard InChI is InChI=1S/C35H27N3O/c1-35(2,3)29-17-9-13-23-21-24(19-20-25(23)29)33-36-32(22-11-5-4-6-12-22)37-34(38-33)28-16-10-15-27-26-14-7-8-18-30(26)39-31(27)28/h4-21H,1-3H3. The van der Waals surface area contributed by atoms with Crippen molar-refractivity contribution in [2.45, 2.75) is 26.2 Å². The highest BCUT2D eigenvalue weighted by molar-refractivity contribution is 6.09. The van der Waals surface area contributed by atoms with E-state index in [9.17, 15) is 0 Å². The first-order valence-corrected chi connectivity index (χ1v) is 13.2. The van der Waals surface area contributed by atoms with Crippen molar-refractivity contribution in [2.24, 2.45) is 0 Å². The molecule has 0 atom stereocenters. The number of fused-ring (bicyclic) bond motifs is 4. The summed E-state index contributed by atoms with van der Waals surface area (Å²) >= 11 is 0. The Hall–Kier alpha value is -4.83. The van der Waals surface area contributed by atoms with E-state index in [0.29, 0.717) is 17.5 Å². The summed E-state index contributed by atoms with van der Waals surface area (Å²) in [7, 11) is 0. The lowest BCUT2D eigenvalue weighted by molar-refractivity contribution is 0.596. The first-order valence-electron chi connectivity index (χ1n) is 13.2. The van der Waals surface area contributed by atoms with E-state index in [2.05, 4.69) is 69.3 Å². The van der Waals surface area contributed by atoms with Gasteiger partial charge in [0.1, 0.15) is 11.2 Å². The average molecular weight is 506 g/mol. The van der Waals surface area contributed by atoms with E-state index >= 15 is 0 Å². The summed E-state index contributed by atoms with van der Waals surface area (Å²) in [6.45, 7) is 6.75. The first kappa shape index (κ1) is 23.3. The molecular weight excluding hydrogens is 478 g/mol. The summed E-state index contributed by atoms with van der Waals surface area (Å²) in [5.74, 6) is 1.86. The Kier molecular flexibility index (Phi) is 5.31. The second kappa shape index (κ2) is 8.88. The van der Waals surface area contributed by atoms with Gasteiger partial charge in [-0.3, -0.25) is 0 Å². The minimum absolute atomic E-state index is 0.0487. The molecular formula is C35H27N3O. The highest BCUT2D eigenvalue weighted by Gasteiger charge is 2.19. The van der Waals surface area contributed by atoms with Crippen molar-refractivity contribution in [2.75, 3.05) is 0 Å². The second-order valence-electron chi connectivity index (χ2n) is 10.9. The Morgan fingerprint density at radius 3 is 2.05 bits per heavy atom. The van der Waals surface area contributed by atoms with Crippen molar-refractivity contribution in [3.05, 3.63) is 115 Å². The van der Waals surface area contributed by atoms with Gasteiger partial charge < -0.3 is 4.42 Å². The number of rotatable bonds is 3. The zero-order valence-electron chi connectivity index (χ0n) is 22.1. The average Bonchev–Trinajstić information content (AvgIpc) is 3.35. The van der Waals surface area contributed by atoms with Gasteiger partial charge in [0.2, 0.25) is 0 Å². The predicted octanol–water partition coefficient (Wildman–Crippen LogP) is 9.22. The van der Waals surface area contributed by atoms with Crippen molar-refractivity contribution in [3.8, 4) is 34.2 Å². The fourth-order valence-electron chi connectivity index (χ4n) is 5.34. The zero-order valence-corrected chi connectivity index (χ0v) is 22.1. The van der Waals surface area contributed by atoms with Gasteiger partial charge in [0.25, 0.3) is 0 Å². The quantitative estimate of drug-likeness (QED) is 0.240. The molecule has 0 aliphatic heterocycles. The fraction of sp³-hybridized carbons (Fsp3) is 0.114. The van der Waals surface area contributed by atoms with E-state index in [-0.39, 0.29) is 5.41 Å². The van der Waals surface area contributed by atoms with Crippen molar-refractivity contribution in [1.29, 1.82) is 0 Å². The Morgan fingerprint density at radius 2 is 1.23 bits per heavy atom. The highest BCUT2D eigenvalue weighted by atomic mass is 16.3. The number of benzene rings is 5. The van der Waals surface area contributed by atoms with Crippen LogP contribution in [0.4, 0.5) is 0 Å². The molecule has 4 nitrogen and oxygen atoms in total. The van der Waals surface area contributed by atoms with Crippen molar-refractivity contribution >= 4 is 32.7 Å². The van der Waals surface area contributed by atoms with E-state index < -0.39 is 0 Å². The second-order valence-corrected chi connectivity index (χ2v) is 10.9. The molecule has 2 heterocycles.